The number of amides is 1. The van der Waals surface area contributed by atoms with Crippen LogP contribution in [0.3, 0.4) is 0 Å². The van der Waals surface area contributed by atoms with Crippen molar-refractivity contribution in [3.8, 4) is 0 Å². The predicted octanol–water partition coefficient (Wildman–Crippen LogP) is 3.87. The molecule has 0 aromatic heterocycles. The van der Waals surface area contributed by atoms with E-state index in [0.717, 1.165) is 12.8 Å². The molecule has 3 saturated heterocycles. The molecule has 0 unspecified atom stereocenters. The van der Waals surface area contributed by atoms with Crippen molar-refractivity contribution in [1.82, 2.24) is 4.90 Å². The van der Waals surface area contributed by atoms with E-state index in [1.165, 1.54) is 7.11 Å². The maximum atomic E-state index is 13.4. The fourth-order valence-corrected chi connectivity index (χ4v) is 5.29. The summed E-state index contributed by atoms with van der Waals surface area (Å²) in [5.41, 5.74) is -1.09. The first kappa shape index (κ1) is 22.1. The Morgan fingerprint density at radius 3 is 2.42 bits per heavy atom. The fourth-order valence-electron chi connectivity index (χ4n) is 5.29. The Morgan fingerprint density at radius 1 is 1.16 bits per heavy atom. The van der Waals surface area contributed by atoms with Crippen molar-refractivity contribution in [1.29, 1.82) is 0 Å². The van der Waals surface area contributed by atoms with Crippen LogP contribution in [-0.4, -0.2) is 53.8 Å². The van der Waals surface area contributed by atoms with Crippen LogP contribution in [0.15, 0.2) is 42.5 Å². The largest absolute Gasteiger partial charge is 0.467 e. The highest BCUT2D eigenvalue weighted by Crippen LogP contribution is 2.52. The van der Waals surface area contributed by atoms with E-state index < -0.39 is 5.54 Å². The normalized spacial score (nSPS) is 30.9. The van der Waals surface area contributed by atoms with Gasteiger partial charge in [0.1, 0.15) is 5.54 Å². The van der Waals surface area contributed by atoms with Crippen LogP contribution < -0.4 is 0 Å². The first-order chi connectivity index (χ1) is 14.6. The Kier molecular flexibility index (Phi) is 5.55. The van der Waals surface area contributed by atoms with E-state index in [0.29, 0.717) is 18.3 Å². The maximum Gasteiger partial charge on any atom is 0.461 e. The molecule has 4 rings (SSSR count). The summed E-state index contributed by atoms with van der Waals surface area (Å²) in [7, 11) is 1.08. The third kappa shape index (κ3) is 3.52. The number of nitrogens with zero attached hydrogens (tertiary/aromatic N) is 1. The van der Waals surface area contributed by atoms with Crippen LogP contribution in [0.2, 0.25) is 6.32 Å². The van der Waals surface area contributed by atoms with Crippen LogP contribution in [0.1, 0.15) is 57.3 Å². The SMILES string of the molecule is COC(=O)[C@]12CC[C@H](C[C@H]1/C=C/CB1OC(C)(C)C(C)(C)O1)N2C(=O)c1ccccc1. The van der Waals surface area contributed by atoms with Gasteiger partial charge in [0.15, 0.2) is 0 Å². The lowest BCUT2D eigenvalue weighted by Gasteiger charge is -2.35. The quantitative estimate of drug-likeness (QED) is 0.407. The average Bonchev–Trinajstić information content (AvgIpc) is 3.33. The number of rotatable bonds is 5. The van der Waals surface area contributed by atoms with Gasteiger partial charge in [-0.15, -0.1) is 0 Å². The molecular weight excluding hydrogens is 393 g/mol. The molecule has 1 aromatic carbocycles. The molecule has 166 valence electrons. The third-order valence-corrected chi connectivity index (χ3v) is 7.57. The maximum absolute atomic E-state index is 13.4. The molecule has 3 fully saturated rings. The molecule has 3 atom stereocenters. The molecule has 0 radical (unpaired) electrons. The molecule has 1 aromatic rings. The minimum atomic E-state index is -0.946. The minimum absolute atomic E-state index is 0.0401. The van der Waals surface area contributed by atoms with Crippen molar-refractivity contribution in [2.75, 3.05) is 7.11 Å². The van der Waals surface area contributed by atoms with E-state index >= 15 is 0 Å². The van der Waals surface area contributed by atoms with Crippen molar-refractivity contribution in [3.05, 3.63) is 48.0 Å². The first-order valence-electron chi connectivity index (χ1n) is 11.1. The molecule has 0 aliphatic carbocycles. The summed E-state index contributed by atoms with van der Waals surface area (Å²) in [6.07, 6.45) is 6.88. The zero-order chi connectivity index (χ0) is 22.4. The van der Waals surface area contributed by atoms with Gasteiger partial charge < -0.3 is 18.9 Å². The summed E-state index contributed by atoms with van der Waals surface area (Å²) >= 11 is 0. The summed E-state index contributed by atoms with van der Waals surface area (Å²) < 4.78 is 17.4. The van der Waals surface area contributed by atoms with Gasteiger partial charge >= 0.3 is 13.1 Å². The lowest BCUT2D eigenvalue weighted by molar-refractivity contribution is -0.152. The Hall–Kier alpha value is -2.12. The summed E-state index contributed by atoms with van der Waals surface area (Å²) in [4.78, 5) is 28.2. The fraction of sp³-hybridized carbons (Fsp3) is 0.583. The Bertz CT molecular complexity index is 867. The van der Waals surface area contributed by atoms with Gasteiger partial charge in [0.25, 0.3) is 5.91 Å². The molecule has 0 saturated carbocycles. The van der Waals surface area contributed by atoms with Crippen molar-refractivity contribution >= 4 is 19.0 Å². The Labute approximate surface area is 185 Å². The molecule has 1 amide bonds. The van der Waals surface area contributed by atoms with Crippen LogP contribution in [0, 0.1) is 5.92 Å². The molecule has 31 heavy (non-hydrogen) atoms. The number of hydrogen-bond acceptors (Lipinski definition) is 5. The van der Waals surface area contributed by atoms with Crippen molar-refractivity contribution < 1.29 is 23.6 Å². The average molecular weight is 425 g/mol. The van der Waals surface area contributed by atoms with Gasteiger partial charge in [-0.3, -0.25) is 4.79 Å². The second-order valence-corrected chi connectivity index (χ2v) is 9.84. The molecule has 3 heterocycles. The molecular formula is C24H32BNO5. The summed E-state index contributed by atoms with van der Waals surface area (Å²) in [6.45, 7) is 8.13. The Morgan fingerprint density at radius 2 is 1.81 bits per heavy atom. The van der Waals surface area contributed by atoms with Gasteiger partial charge in [-0.1, -0.05) is 30.4 Å². The second kappa shape index (κ2) is 7.78. The number of carbonyl (C=O) groups excluding carboxylic acids is 2. The standard InChI is InChI=1S/C24H32BNO5/c1-22(2)23(3,4)31-25(30-22)15-9-12-18-16-19-13-14-24(18,21(28)29-5)26(19)20(27)17-10-7-6-8-11-17/h6-12,18-19H,13-16H2,1-5H3/b12-9+/t18-,19-,24+/m1/s1. The number of hydrogen-bond donors (Lipinski definition) is 0. The summed E-state index contributed by atoms with van der Waals surface area (Å²) in [5, 5.41) is 0. The van der Waals surface area contributed by atoms with Crippen molar-refractivity contribution in [3.63, 3.8) is 0 Å². The van der Waals surface area contributed by atoms with Crippen molar-refractivity contribution in [2.45, 2.75) is 76.1 Å². The van der Waals surface area contributed by atoms with Crippen LogP contribution in [0.4, 0.5) is 0 Å². The minimum Gasteiger partial charge on any atom is -0.467 e. The second-order valence-electron chi connectivity index (χ2n) is 9.84. The molecule has 2 bridgehead atoms. The molecule has 3 aliphatic heterocycles. The molecule has 3 aliphatic rings. The zero-order valence-corrected chi connectivity index (χ0v) is 19.1. The van der Waals surface area contributed by atoms with Gasteiger partial charge in [0.05, 0.1) is 18.3 Å². The number of benzene rings is 1. The number of esters is 1. The van der Waals surface area contributed by atoms with Crippen LogP contribution in [-0.2, 0) is 18.8 Å². The number of carbonyl (C=O) groups is 2. The highest BCUT2D eigenvalue weighted by molar-refractivity contribution is 6.46. The van der Waals surface area contributed by atoms with E-state index in [-0.39, 0.29) is 42.2 Å². The lowest BCUT2D eigenvalue weighted by Crippen LogP contribution is -2.54. The lowest BCUT2D eigenvalue weighted by atomic mass is 9.76. The van der Waals surface area contributed by atoms with Crippen LogP contribution >= 0.6 is 0 Å². The van der Waals surface area contributed by atoms with Gasteiger partial charge in [0.2, 0.25) is 0 Å². The van der Waals surface area contributed by atoms with E-state index in [1.54, 1.807) is 17.0 Å². The number of fused-ring (bicyclic) bond motifs is 2. The van der Waals surface area contributed by atoms with E-state index in [9.17, 15) is 9.59 Å². The highest BCUT2D eigenvalue weighted by Gasteiger charge is 2.64. The van der Waals surface area contributed by atoms with Gasteiger partial charge in [-0.2, -0.15) is 0 Å². The zero-order valence-electron chi connectivity index (χ0n) is 19.1. The smallest absolute Gasteiger partial charge is 0.461 e. The topological polar surface area (TPSA) is 65.1 Å². The van der Waals surface area contributed by atoms with Crippen molar-refractivity contribution in [2.24, 2.45) is 5.92 Å². The number of allylic oxidation sites excluding steroid dienone is 1. The third-order valence-electron chi connectivity index (χ3n) is 7.57. The molecule has 7 heteroatoms. The van der Waals surface area contributed by atoms with Gasteiger partial charge in [-0.25, -0.2) is 4.79 Å². The van der Waals surface area contributed by atoms with Gasteiger partial charge in [0, 0.05) is 23.8 Å². The summed E-state index contributed by atoms with van der Waals surface area (Å²) in [6, 6.07) is 9.21. The van der Waals surface area contributed by atoms with E-state index in [4.69, 9.17) is 14.0 Å². The van der Waals surface area contributed by atoms with Gasteiger partial charge in [-0.05, 0) is 59.1 Å². The Balaban J connectivity index is 1.54. The van der Waals surface area contributed by atoms with Crippen LogP contribution in [0.5, 0.6) is 0 Å². The molecule has 6 nitrogen and oxygen atoms in total. The number of ether oxygens (including phenoxy) is 1. The first-order valence-corrected chi connectivity index (χ1v) is 11.1. The molecule has 0 spiro atoms. The highest BCUT2D eigenvalue weighted by atomic mass is 16.7. The van der Waals surface area contributed by atoms with E-state index in [1.807, 2.05) is 52.0 Å². The summed E-state index contributed by atoms with van der Waals surface area (Å²) in [5.74, 6) is -0.522. The predicted molar refractivity (Wildman–Crippen MR) is 119 cm³/mol. The van der Waals surface area contributed by atoms with E-state index in [2.05, 4.69) is 6.08 Å². The number of methoxy groups -OCH3 is 1. The monoisotopic (exact) mass is 425 g/mol. The molecule has 0 N–H and O–H groups in total. The van der Waals surface area contributed by atoms with Crippen LogP contribution in [0.25, 0.3) is 0 Å².